The fourth-order valence-electron chi connectivity index (χ4n) is 2.11. The third-order valence-electron chi connectivity index (χ3n) is 3.08. The van der Waals surface area contributed by atoms with Crippen LogP contribution in [-0.2, 0) is 4.74 Å². The Morgan fingerprint density at radius 1 is 1.50 bits per heavy atom. The van der Waals surface area contributed by atoms with Crippen LogP contribution in [0.5, 0.6) is 0 Å². The number of nitrogens with two attached hydrogens (primary N) is 1. The number of aromatic nitrogens is 4. The van der Waals surface area contributed by atoms with E-state index in [2.05, 4.69) is 21.5 Å². The molecule has 3 rings (SSSR count). The summed E-state index contributed by atoms with van der Waals surface area (Å²) < 4.78 is 7.47. The molecule has 0 aliphatic carbocycles. The number of hydrogen-bond donors (Lipinski definition) is 2. The molecule has 1 fully saturated rings. The zero-order chi connectivity index (χ0) is 12.7. The molecule has 2 aromatic rings. The molecular weight excluding hydrogens is 234 g/mol. The molecule has 0 radical (unpaired) electrons. The van der Waals surface area contributed by atoms with E-state index in [-0.39, 0.29) is 18.9 Å². The first-order chi connectivity index (χ1) is 8.70. The zero-order valence-electron chi connectivity index (χ0n) is 9.65. The maximum atomic E-state index is 9.15. The summed E-state index contributed by atoms with van der Waals surface area (Å²) in [5.41, 5.74) is 7.77. The Hall–Kier alpha value is -1.99. The van der Waals surface area contributed by atoms with Crippen molar-refractivity contribution in [3.63, 3.8) is 0 Å². The molecule has 7 heteroatoms. The quantitative estimate of drug-likeness (QED) is 0.738. The molecule has 0 spiro atoms. The summed E-state index contributed by atoms with van der Waals surface area (Å²) >= 11 is 0. The second-order valence-electron chi connectivity index (χ2n) is 4.21. The van der Waals surface area contributed by atoms with Crippen molar-refractivity contribution in [1.82, 2.24) is 19.5 Å². The van der Waals surface area contributed by atoms with Crippen molar-refractivity contribution in [1.29, 1.82) is 0 Å². The predicted molar refractivity (Wildman–Crippen MR) is 64.5 cm³/mol. The van der Waals surface area contributed by atoms with E-state index in [0.29, 0.717) is 23.4 Å². The molecule has 2 aromatic heterocycles. The largest absolute Gasteiger partial charge is 0.393 e. The van der Waals surface area contributed by atoms with Crippen LogP contribution >= 0.6 is 0 Å². The first-order valence-corrected chi connectivity index (χ1v) is 5.57. The predicted octanol–water partition coefficient (Wildman–Crippen LogP) is 0.245. The van der Waals surface area contributed by atoms with Crippen molar-refractivity contribution >= 4 is 17.0 Å². The van der Waals surface area contributed by atoms with Crippen molar-refractivity contribution in [2.45, 2.75) is 18.8 Å². The lowest BCUT2D eigenvalue weighted by Gasteiger charge is -2.13. The van der Waals surface area contributed by atoms with Gasteiger partial charge in [0.05, 0.1) is 12.9 Å². The highest BCUT2D eigenvalue weighted by molar-refractivity contribution is 5.81. The Morgan fingerprint density at radius 2 is 2.33 bits per heavy atom. The number of anilines is 1. The van der Waals surface area contributed by atoms with Gasteiger partial charge in [-0.15, -0.1) is 0 Å². The topological polar surface area (TPSA) is 99.1 Å². The SMILES string of the molecule is C=C1C[C@@H](n2cnc3c(N)ncnc32)O[C@H]1CO. The van der Waals surface area contributed by atoms with Crippen LogP contribution in [0.2, 0.25) is 0 Å². The Labute approximate surface area is 103 Å². The van der Waals surface area contributed by atoms with Crippen molar-refractivity contribution < 1.29 is 9.84 Å². The minimum atomic E-state index is -0.327. The fraction of sp³-hybridized carbons (Fsp3) is 0.364. The number of nitrogens with zero attached hydrogens (tertiary/aromatic N) is 4. The summed E-state index contributed by atoms with van der Waals surface area (Å²) in [6, 6.07) is 0. The van der Waals surface area contributed by atoms with Gasteiger partial charge in [-0.2, -0.15) is 0 Å². The Bertz CT molecular complexity index is 608. The molecule has 1 saturated heterocycles. The monoisotopic (exact) mass is 247 g/mol. The lowest BCUT2D eigenvalue weighted by molar-refractivity contribution is -0.0146. The zero-order valence-corrected chi connectivity index (χ0v) is 9.65. The Morgan fingerprint density at radius 3 is 3.06 bits per heavy atom. The minimum absolute atomic E-state index is 0.0704. The van der Waals surface area contributed by atoms with E-state index in [1.165, 1.54) is 6.33 Å². The normalized spacial score (nSPS) is 23.9. The molecule has 18 heavy (non-hydrogen) atoms. The smallest absolute Gasteiger partial charge is 0.167 e. The number of imidazole rings is 1. The van der Waals surface area contributed by atoms with Gasteiger partial charge in [-0.3, -0.25) is 4.57 Å². The van der Waals surface area contributed by atoms with Crippen molar-refractivity contribution in [2.75, 3.05) is 12.3 Å². The van der Waals surface area contributed by atoms with Gasteiger partial charge in [-0.25, -0.2) is 15.0 Å². The molecule has 1 aliphatic heterocycles. The number of aliphatic hydroxyl groups is 1. The van der Waals surface area contributed by atoms with Crippen LogP contribution in [0.15, 0.2) is 24.8 Å². The van der Waals surface area contributed by atoms with Gasteiger partial charge in [-0.1, -0.05) is 6.58 Å². The third kappa shape index (κ3) is 1.56. The van der Waals surface area contributed by atoms with Gasteiger partial charge in [0, 0.05) is 6.42 Å². The van der Waals surface area contributed by atoms with E-state index in [1.807, 2.05) is 0 Å². The van der Waals surface area contributed by atoms with E-state index in [1.54, 1.807) is 10.9 Å². The average Bonchev–Trinajstić information content (AvgIpc) is 2.93. The van der Waals surface area contributed by atoms with Crippen molar-refractivity contribution in [2.24, 2.45) is 0 Å². The van der Waals surface area contributed by atoms with Gasteiger partial charge in [0.2, 0.25) is 0 Å². The standard InChI is InChI=1S/C11H13N5O2/c1-6-2-8(18-7(6)3-17)16-5-15-9-10(12)13-4-14-11(9)16/h4-5,7-8,17H,1-3H2,(H2,12,13,14)/t7-,8-/m0/s1. The molecule has 0 amide bonds. The Kier molecular flexibility index (Phi) is 2.49. The van der Waals surface area contributed by atoms with Gasteiger partial charge in [-0.05, 0) is 5.57 Å². The summed E-state index contributed by atoms with van der Waals surface area (Å²) in [6.07, 6.45) is 3.05. The maximum absolute atomic E-state index is 9.15. The lowest BCUT2D eigenvalue weighted by Crippen LogP contribution is -2.15. The second kappa shape index (κ2) is 4.04. The maximum Gasteiger partial charge on any atom is 0.167 e. The first-order valence-electron chi connectivity index (χ1n) is 5.57. The third-order valence-corrected chi connectivity index (χ3v) is 3.08. The molecular formula is C11H13N5O2. The summed E-state index contributed by atoms with van der Waals surface area (Å²) in [7, 11) is 0. The number of nitrogen functional groups attached to an aromatic ring is 1. The van der Waals surface area contributed by atoms with Crippen molar-refractivity contribution in [3.8, 4) is 0 Å². The molecule has 0 bridgehead atoms. The van der Waals surface area contributed by atoms with Crippen LogP contribution < -0.4 is 5.73 Å². The molecule has 0 unspecified atom stereocenters. The van der Waals surface area contributed by atoms with Gasteiger partial charge in [0.15, 0.2) is 11.5 Å². The molecule has 3 heterocycles. The van der Waals surface area contributed by atoms with E-state index >= 15 is 0 Å². The number of hydrogen-bond acceptors (Lipinski definition) is 6. The van der Waals surface area contributed by atoms with Gasteiger partial charge in [0.1, 0.15) is 24.2 Å². The van der Waals surface area contributed by atoms with Crippen LogP contribution in [-0.4, -0.2) is 37.3 Å². The fourth-order valence-corrected chi connectivity index (χ4v) is 2.11. The highest BCUT2D eigenvalue weighted by Crippen LogP contribution is 2.33. The van der Waals surface area contributed by atoms with Crippen LogP contribution in [0.1, 0.15) is 12.6 Å². The average molecular weight is 247 g/mol. The second-order valence-corrected chi connectivity index (χ2v) is 4.21. The number of ether oxygens (including phenoxy) is 1. The Balaban J connectivity index is 2.01. The summed E-state index contributed by atoms with van der Waals surface area (Å²) in [6.45, 7) is 3.82. The molecule has 0 aromatic carbocycles. The molecule has 7 nitrogen and oxygen atoms in total. The number of rotatable bonds is 2. The first kappa shape index (κ1) is 11.1. The van der Waals surface area contributed by atoms with Gasteiger partial charge >= 0.3 is 0 Å². The van der Waals surface area contributed by atoms with E-state index in [4.69, 9.17) is 15.6 Å². The van der Waals surface area contributed by atoms with Gasteiger partial charge < -0.3 is 15.6 Å². The van der Waals surface area contributed by atoms with Crippen LogP contribution in [0, 0.1) is 0 Å². The lowest BCUT2D eigenvalue weighted by atomic mass is 10.1. The van der Waals surface area contributed by atoms with E-state index in [9.17, 15) is 0 Å². The van der Waals surface area contributed by atoms with Crippen LogP contribution in [0.3, 0.4) is 0 Å². The van der Waals surface area contributed by atoms with Crippen LogP contribution in [0.25, 0.3) is 11.2 Å². The molecule has 3 N–H and O–H groups in total. The summed E-state index contributed by atoms with van der Waals surface area (Å²) in [4.78, 5) is 12.2. The summed E-state index contributed by atoms with van der Waals surface area (Å²) in [5, 5.41) is 9.15. The number of aliphatic hydroxyl groups excluding tert-OH is 1. The molecule has 2 atom stereocenters. The minimum Gasteiger partial charge on any atom is -0.393 e. The van der Waals surface area contributed by atoms with E-state index < -0.39 is 0 Å². The summed E-state index contributed by atoms with van der Waals surface area (Å²) in [5.74, 6) is 0.342. The van der Waals surface area contributed by atoms with Gasteiger partial charge in [0.25, 0.3) is 0 Å². The molecule has 94 valence electrons. The van der Waals surface area contributed by atoms with Crippen molar-refractivity contribution in [3.05, 3.63) is 24.8 Å². The van der Waals surface area contributed by atoms with Crippen LogP contribution in [0.4, 0.5) is 5.82 Å². The molecule has 1 aliphatic rings. The molecule has 0 saturated carbocycles. The highest BCUT2D eigenvalue weighted by atomic mass is 16.5. The van der Waals surface area contributed by atoms with E-state index in [0.717, 1.165) is 5.57 Å². The number of fused-ring (bicyclic) bond motifs is 1. The highest BCUT2D eigenvalue weighted by Gasteiger charge is 2.30.